The largest absolute Gasteiger partial charge is 0.478 e. The number of carbonyl (C=O) groups excluding carboxylic acids is 1. The summed E-state index contributed by atoms with van der Waals surface area (Å²) in [6.07, 6.45) is 1.03. The van der Waals surface area contributed by atoms with E-state index in [2.05, 4.69) is 10.3 Å². The maximum Gasteiger partial charge on any atom is 0.413 e. The molecule has 0 unspecified atom stereocenters. The van der Waals surface area contributed by atoms with Crippen LogP contribution in [0.25, 0.3) is 0 Å². The predicted octanol–water partition coefficient (Wildman–Crippen LogP) is 1.98. The van der Waals surface area contributed by atoms with Gasteiger partial charge in [0.2, 0.25) is 0 Å². The number of amides is 1. The van der Waals surface area contributed by atoms with Crippen LogP contribution in [0.4, 0.5) is 4.79 Å². The van der Waals surface area contributed by atoms with E-state index in [9.17, 15) is 4.79 Å². The SMILES string of the molecule is COc1ncccc1OC(=O)NC(C)(C)C. The van der Waals surface area contributed by atoms with E-state index in [0.29, 0.717) is 5.75 Å². The van der Waals surface area contributed by atoms with Gasteiger partial charge in [-0.05, 0) is 32.9 Å². The highest BCUT2D eigenvalue weighted by atomic mass is 16.6. The molecule has 1 aromatic rings. The number of nitrogens with one attached hydrogen (secondary N) is 1. The molecule has 5 heteroatoms. The highest BCUT2D eigenvalue weighted by molar-refractivity contribution is 5.71. The summed E-state index contributed by atoms with van der Waals surface area (Å²) >= 11 is 0. The number of carbonyl (C=O) groups is 1. The van der Waals surface area contributed by atoms with Gasteiger partial charge in [0.05, 0.1) is 7.11 Å². The van der Waals surface area contributed by atoms with E-state index in [1.54, 1.807) is 18.3 Å². The summed E-state index contributed by atoms with van der Waals surface area (Å²) in [5, 5.41) is 2.67. The van der Waals surface area contributed by atoms with Crippen molar-refractivity contribution >= 4 is 6.09 Å². The number of hydrogen-bond acceptors (Lipinski definition) is 4. The molecule has 0 radical (unpaired) electrons. The van der Waals surface area contributed by atoms with Crippen LogP contribution in [0.15, 0.2) is 18.3 Å². The number of nitrogens with zero attached hydrogens (tertiary/aromatic N) is 1. The molecule has 1 heterocycles. The van der Waals surface area contributed by atoms with Crippen LogP contribution < -0.4 is 14.8 Å². The third-order valence-corrected chi connectivity index (χ3v) is 1.61. The summed E-state index contributed by atoms with van der Waals surface area (Å²) in [5.41, 5.74) is -0.341. The molecular formula is C11H16N2O3. The molecule has 0 aromatic carbocycles. The summed E-state index contributed by atoms with van der Waals surface area (Å²) < 4.78 is 10.0. The fourth-order valence-corrected chi connectivity index (χ4v) is 1.04. The Morgan fingerprint density at radius 2 is 2.12 bits per heavy atom. The molecule has 0 fully saturated rings. The number of ether oxygens (including phenoxy) is 2. The Balaban J connectivity index is 2.70. The molecule has 5 nitrogen and oxygen atoms in total. The van der Waals surface area contributed by atoms with E-state index in [1.165, 1.54) is 7.11 Å². The Kier molecular flexibility index (Phi) is 3.71. The molecule has 0 bridgehead atoms. The van der Waals surface area contributed by atoms with E-state index in [0.717, 1.165) is 0 Å². The van der Waals surface area contributed by atoms with Crippen molar-refractivity contribution in [3.8, 4) is 11.6 Å². The van der Waals surface area contributed by atoms with Crippen molar-refractivity contribution < 1.29 is 14.3 Å². The average molecular weight is 224 g/mol. The lowest BCUT2D eigenvalue weighted by molar-refractivity contribution is 0.188. The molecule has 0 atom stereocenters. The Labute approximate surface area is 94.8 Å². The first-order chi connectivity index (χ1) is 7.42. The molecular weight excluding hydrogens is 208 g/mol. The van der Waals surface area contributed by atoms with Crippen molar-refractivity contribution in [2.75, 3.05) is 7.11 Å². The molecule has 0 spiro atoms. The predicted molar refractivity (Wildman–Crippen MR) is 59.7 cm³/mol. The highest BCUT2D eigenvalue weighted by Crippen LogP contribution is 2.22. The van der Waals surface area contributed by atoms with E-state index >= 15 is 0 Å². The van der Waals surface area contributed by atoms with Crippen molar-refractivity contribution in [2.45, 2.75) is 26.3 Å². The quantitative estimate of drug-likeness (QED) is 0.834. The van der Waals surface area contributed by atoms with Crippen LogP contribution in [-0.4, -0.2) is 23.7 Å². The number of rotatable bonds is 2. The third-order valence-electron chi connectivity index (χ3n) is 1.61. The third kappa shape index (κ3) is 3.76. The van der Waals surface area contributed by atoms with Gasteiger partial charge in [-0.15, -0.1) is 0 Å². The topological polar surface area (TPSA) is 60.5 Å². The zero-order valence-corrected chi connectivity index (χ0v) is 9.90. The zero-order valence-electron chi connectivity index (χ0n) is 9.90. The molecule has 16 heavy (non-hydrogen) atoms. The first-order valence-electron chi connectivity index (χ1n) is 4.91. The lowest BCUT2D eigenvalue weighted by atomic mass is 10.1. The molecule has 0 saturated heterocycles. The molecule has 1 rings (SSSR count). The van der Waals surface area contributed by atoms with Gasteiger partial charge in [-0.2, -0.15) is 0 Å². The zero-order chi connectivity index (χ0) is 12.2. The normalized spacial score (nSPS) is 10.8. The Bertz CT molecular complexity index is 372. The van der Waals surface area contributed by atoms with Gasteiger partial charge in [-0.25, -0.2) is 9.78 Å². The van der Waals surface area contributed by atoms with Gasteiger partial charge in [0.1, 0.15) is 0 Å². The van der Waals surface area contributed by atoms with Crippen molar-refractivity contribution in [1.82, 2.24) is 10.3 Å². The molecule has 0 aliphatic rings. The van der Waals surface area contributed by atoms with Gasteiger partial charge in [0.25, 0.3) is 5.88 Å². The molecule has 1 aromatic heterocycles. The van der Waals surface area contributed by atoms with E-state index < -0.39 is 6.09 Å². The maximum atomic E-state index is 11.5. The van der Waals surface area contributed by atoms with Crippen LogP contribution in [0.2, 0.25) is 0 Å². The number of hydrogen-bond donors (Lipinski definition) is 1. The molecule has 0 saturated carbocycles. The van der Waals surface area contributed by atoms with Gasteiger partial charge in [0.15, 0.2) is 5.75 Å². The smallest absolute Gasteiger partial charge is 0.413 e. The van der Waals surface area contributed by atoms with Gasteiger partial charge >= 0.3 is 6.09 Å². The number of aromatic nitrogens is 1. The summed E-state index contributed by atoms with van der Waals surface area (Å²) in [5.74, 6) is 0.582. The van der Waals surface area contributed by atoms with Crippen molar-refractivity contribution in [2.24, 2.45) is 0 Å². The van der Waals surface area contributed by atoms with Crippen molar-refractivity contribution in [3.63, 3.8) is 0 Å². The Morgan fingerprint density at radius 3 is 2.69 bits per heavy atom. The monoisotopic (exact) mass is 224 g/mol. The standard InChI is InChI=1S/C11H16N2O3/c1-11(2,3)13-10(14)16-8-6-5-7-12-9(8)15-4/h5-7H,1-4H3,(H,13,14). The summed E-state index contributed by atoms with van der Waals surface area (Å²) in [6, 6.07) is 3.29. The molecule has 0 aliphatic carbocycles. The van der Waals surface area contributed by atoms with Crippen molar-refractivity contribution in [3.05, 3.63) is 18.3 Å². The maximum absolute atomic E-state index is 11.5. The number of pyridine rings is 1. The minimum absolute atomic E-state index is 0.284. The average Bonchev–Trinajstić information content (AvgIpc) is 2.15. The Hall–Kier alpha value is -1.78. The summed E-state index contributed by atoms with van der Waals surface area (Å²) in [7, 11) is 1.47. The van der Waals surface area contributed by atoms with Crippen LogP contribution in [0.5, 0.6) is 11.6 Å². The summed E-state index contributed by atoms with van der Waals surface area (Å²) in [6.45, 7) is 5.61. The molecule has 1 amide bonds. The van der Waals surface area contributed by atoms with E-state index in [4.69, 9.17) is 9.47 Å². The second-order valence-corrected chi connectivity index (χ2v) is 4.28. The molecule has 1 N–H and O–H groups in total. The van der Waals surface area contributed by atoms with Crippen molar-refractivity contribution in [1.29, 1.82) is 0 Å². The fourth-order valence-electron chi connectivity index (χ4n) is 1.04. The van der Waals surface area contributed by atoms with E-state index in [-0.39, 0.29) is 11.4 Å². The lowest BCUT2D eigenvalue weighted by Gasteiger charge is -2.20. The van der Waals surface area contributed by atoms with Gasteiger partial charge < -0.3 is 14.8 Å². The minimum Gasteiger partial charge on any atom is -0.478 e. The van der Waals surface area contributed by atoms with Crippen LogP contribution in [0.1, 0.15) is 20.8 Å². The lowest BCUT2D eigenvalue weighted by Crippen LogP contribution is -2.42. The Morgan fingerprint density at radius 1 is 1.44 bits per heavy atom. The van der Waals surface area contributed by atoms with Gasteiger partial charge in [-0.3, -0.25) is 0 Å². The van der Waals surface area contributed by atoms with Gasteiger partial charge in [-0.1, -0.05) is 0 Å². The first kappa shape index (κ1) is 12.3. The van der Waals surface area contributed by atoms with E-state index in [1.807, 2.05) is 20.8 Å². The fraction of sp³-hybridized carbons (Fsp3) is 0.455. The number of methoxy groups -OCH3 is 1. The molecule has 0 aliphatic heterocycles. The first-order valence-corrected chi connectivity index (χ1v) is 4.91. The van der Waals surface area contributed by atoms with Crippen LogP contribution >= 0.6 is 0 Å². The minimum atomic E-state index is -0.529. The van der Waals surface area contributed by atoms with Crippen LogP contribution in [0.3, 0.4) is 0 Å². The highest BCUT2D eigenvalue weighted by Gasteiger charge is 2.16. The van der Waals surface area contributed by atoms with Crippen LogP contribution in [-0.2, 0) is 0 Å². The summed E-state index contributed by atoms with van der Waals surface area (Å²) in [4.78, 5) is 15.4. The second-order valence-electron chi connectivity index (χ2n) is 4.28. The van der Waals surface area contributed by atoms with Crippen LogP contribution in [0, 0.1) is 0 Å². The molecule has 88 valence electrons. The second kappa shape index (κ2) is 4.83. The van der Waals surface area contributed by atoms with Gasteiger partial charge in [0, 0.05) is 11.7 Å².